The minimum Gasteiger partial charge on any atom is -0.258 e. The Bertz CT molecular complexity index is 555. The summed E-state index contributed by atoms with van der Waals surface area (Å²) in [5, 5.41) is 14.7. The van der Waals surface area contributed by atoms with Crippen LogP contribution in [0.15, 0.2) is 30.6 Å². The van der Waals surface area contributed by atoms with Gasteiger partial charge in [0.15, 0.2) is 0 Å². The monoisotopic (exact) mass is 333 g/mol. The van der Waals surface area contributed by atoms with Crippen LogP contribution in [0.1, 0.15) is 0 Å². The Morgan fingerprint density at radius 1 is 1.50 bits per heavy atom. The molecule has 0 radical (unpaired) electrons. The molecule has 1 heterocycles. The number of halogens is 2. The van der Waals surface area contributed by atoms with Crippen molar-refractivity contribution >= 4 is 28.3 Å². The van der Waals surface area contributed by atoms with Gasteiger partial charge in [0.05, 0.1) is 14.7 Å². The number of benzene rings is 1. The number of hydrogen-bond acceptors (Lipinski definition) is 3. The molecule has 1 aromatic carbocycles. The first kappa shape index (κ1) is 11.0. The Hall–Kier alpha value is -1.51. The van der Waals surface area contributed by atoms with Gasteiger partial charge in [0.1, 0.15) is 11.5 Å². The molecule has 0 saturated heterocycles. The summed E-state index contributed by atoms with van der Waals surface area (Å²) in [7, 11) is 0. The third-order valence-electron chi connectivity index (χ3n) is 1.93. The molecule has 0 spiro atoms. The van der Waals surface area contributed by atoms with Crippen LogP contribution in [-0.4, -0.2) is 14.7 Å². The van der Waals surface area contributed by atoms with Crippen molar-refractivity contribution in [1.29, 1.82) is 0 Å². The number of aromatic nitrogens is 2. The highest BCUT2D eigenvalue weighted by Crippen LogP contribution is 2.23. The second-order valence-corrected chi connectivity index (χ2v) is 4.24. The first-order valence-electron chi connectivity index (χ1n) is 4.22. The van der Waals surface area contributed by atoms with E-state index in [9.17, 15) is 14.5 Å². The van der Waals surface area contributed by atoms with Crippen molar-refractivity contribution < 1.29 is 9.31 Å². The lowest BCUT2D eigenvalue weighted by molar-refractivity contribution is -0.384. The Kier molecular flexibility index (Phi) is 2.86. The molecule has 0 atom stereocenters. The quantitative estimate of drug-likeness (QED) is 0.482. The molecule has 82 valence electrons. The molecular weight excluding hydrogens is 328 g/mol. The lowest BCUT2D eigenvalue weighted by atomic mass is 10.2. The van der Waals surface area contributed by atoms with Gasteiger partial charge in [-0.2, -0.15) is 5.10 Å². The van der Waals surface area contributed by atoms with Crippen LogP contribution < -0.4 is 0 Å². The molecule has 7 heteroatoms. The van der Waals surface area contributed by atoms with E-state index < -0.39 is 10.7 Å². The van der Waals surface area contributed by atoms with Crippen molar-refractivity contribution in [2.45, 2.75) is 0 Å². The predicted molar refractivity (Wildman–Crippen MR) is 62.9 cm³/mol. The predicted octanol–water partition coefficient (Wildman–Crippen LogP) is 2.52. The van der Waals surface area contributed by atoms with E-state index >= 15 is 0 Å². The van der Waals surface area contributed by atoms with Crippen LogP contribution in [0.5, 0.6) is 0 Å². The van der Waals surface area contributed by atoms with Gasteiger partial charge in [0, 0.05) is 18.3 Å². The van der Waals surface area contributed by atoms with Gasteiger partial charge in [-0.3, -0.25) is 10.1 Å². The maximum atomic E-state index is 13.0. The topological polar surface area (TPSA) is 61.0 Å². The Morgan fingerprint density at radius 3 is 2.81 bits per heavy atom. The van der Waals surface area contributed by atoms with Gasteiger partial charge in [-0.15, -0.1) is 0 Å². The van der Waals surface area contributed by atoms with E-state index in [0.717, 1.165) is 21.8 Å². The average molecular weight is 333 g/mol. The van der Waals surface area contributed by atoms with Crippen LogP contribution in [0, 0.1) is 19.5 Å². The molecule has 0 aliphatic heterocycles. The van der Waals surface area contributed by atoms with Crippen LogP contribution in [-0.2, 0) is 0 Å². The number of rotatable bonds is 2. The van der Waals surface area contributed by atoms with Crippen LogP contribution in [0.4, 0.5) is 10.1 Å². The molecule has 0 amide bonds. The lowest BCUT2D eigenvalue weighted by Gasteiger charge is -2.02. The highest BCUT2D eigenvalue weighted by atomic mass is 127. The van der Waals surface area contributed by atoms with Gasteiger partial charge >= 0.3 is 0 Å². The SMILES string of the molecule is O=[N+]([O-])c1ccc(F)cc1-n1cc(I)cn1. The second kappa shape index (κ2) is 4.16. The minimum atomic E-state index is -0.566. The molecule has 0 aliphatic rings. The van der Waals surface area contributed by atoms with Crippen molar-refractivity contribution in [3.63, 3.8) is 0 Å². The smallest absolute Gasteiger partial charge is 0.258 e. The number of nitro benzene ring substituents is 1. The van der Waals surface area contributed by atoms with E-state index in [0.29, 0.717) is 0 Å². The van der Waals surface area contributed by atoms with E-state index in [1.807, 2.05) is 22.6 Å². The summed E-state index contributed by atoms with van der Waals surface area (Å²) < 4.78 is 15.1. The number of nitrogens with zero attached hydrogens (tertiary/aromatic N) is 3. The first-order valence-corrected chi connectivity index (χ1v) is 5.30. The average Bonchev–Trinajstić information content (AvgIpc) is 2.64. The second-order valence-electron chi connectivity index (χ2n) is 2.99. The van der Waals surface area contributed by atoms with E-state index in [-0.39, 0.29) is 11.4 Å². The normalized spacial score (nSPS) is 10.4. The molecule has 0 aliphatic carbocycles. The molecule has 0 N–H and O–H groups in total. The van der Waals surface area contributed by atoms with Gasteiger partial charge in [0.2, 0.25) is 0 Å². The highest BCUT2D eigenvalue weighted by molar-refractivity contribution is 14.1. The molecule has 0 unspecified atom stereocenters. The maximum Gasteiger partial charge on any atom is 0.295 e. The third kappa shape index (κ3) is 2.03. The first-order chi connectivity index (χ1) is 7.58. The fourth-order valence-corrected chi connectivity index (χ4v) is 1.66. The van der Waals surface area contributed by atoms with E-state index in [1.54, 1.807) is 6.20 Å². The van der Waals surface area contributed by atoms with Crippen molar-refractivity contribution in [2.24, 2.45) is 0 Å². The molecule has 16 heavy (non-hydrogen) atoms. The van der Waals surface area contributed by atoms with Crippen LogP contribution in [0.2, 0.25) is 0 Å². The molecule has 5 nitrogen and oxygen atoms in total. The zero-order valence-electron chi connectivity index (χ0n) is 7.80. The molecular formula is C9H5FIN3O2. The van der Waals surface area contributed by atoms with E-state index in [2.05, 4.69) is 5.10 Å². The zero-order chi connectivity index (χ0) is 11.7. The molecule has 0 saturated carbocycles. The van der Waals surface area contributed by atoms with E-state index in [1.165, 1.54) is 10.9 Å². The van der Waals surface area contributed by atoms with E-state index in [4.69, 9.17) is 0 Å². The van der Waals surface area contributed by atoms with Crippen molar-refractivity contribution in [3.8, 4) is 5.69 Å². The van der Waals surface area contributed by atoms with Gasteiger partial charge in [-0.25, -0.2) is 9.07 Å². The number of nitro groups is 1. The minimum absolute atomic E-state index is 0.118. The molecule has 0 fully saturated rings. The summed E-state index contributed by atoms with van der Waals surface area (Å²) in [5.41, 5.74) is -0.0613. The molecule has 0 bridgehead atoms. The van der Waals surface area contributed by atoms with Crippen LogP contribution in [0.25, 0.3) is 5.69 Å². The Labute approximate surface area is 103 Å². The Morgan fingerprint density at radius 2 is 2.25 bits per heavy atom. The Balaban J connectivity index is 2.62. The van der Waals surface area contributed by atoms with Crippen molar-refractivity contribution in [1.82, 2.24) is 9.78 Å². The molecule has 2 rings (SSSR count). The summed E-state index contributed by atoms with van der Waals surface area (Å²) in [4.78, 5) is 10.2. The van der Waals surface area contributed by atoms with Crippen LogP contribution >= 0.6 is 22.6 Å². The van der Waals surface area contributed by atoms with Crippen molar-refractivity contribution in [2.75, 3.05) is 0 Å². The van der Waals surface area contributed by atoms with Gasteiger partial charge in [0.25, 0.3) is 5.69 Å². The van der Waals surface area contributed by atoms with Gasteiger partial charge in [-0.1, -0.05) is 0 Å². The summed E-state index contributed by atoms with van der Waals surface area (Å²) in [6.07, 6.45) is 3.12. The lowest BCUT2D eigenvalue weighted by Crippen LogP contribution is -2.01. The number of hydrogen-bond donors (Lipinski definition) is 0. The van der Waals surface area contributed by atoms with Gasteiger partial charge < -0.3 is 0 Å². The van der Waals surface area contributed by atoms with Gasteiger partial charge in [-0.05, 0) is 28.7 Å². The zero-order valence-corrected chi connectivity index (χ0v) is 9.96. The van der Waals surface area contributed by atoms with Crippen LogP contribution in [0.3, 0.4) is 0 Å². The molecule has 1 aromatic heterocycles. The summed E-state index contributed by atoms with van der Waals surface area (Å²) >= 11 is 2.02. The summed E-state index contributed by atoms with van der Waals surface area (Å²) in [6, 6.07) is 3.26. The third-order valence-corrected chi connectivity index (χ3v) is 2.49. The maximum absolute atomic E-state index is 13.0. The summed E-state index contributed by atoms with van der Waals surface area (Å²) in [6.45, 7) is 0. The van der Waals surface area contributed by atoms with Crippen molar-refractivity contribution in [3.05, 3.63) is 50.1 Å². The largest absolute Gasteiger partial charge is 0.295 e. The standard InChI is InChI=1S/C9H5FIN3O2/c10-6-1-2-8(14(15)16)9(3-6)13-5-7(11)4-12-13/h1-5H. The molecule has 2 aromatic rings. The fourth-order valence-electron chi connectivity index (χ4n) is 1.27. The summed E-state index contributed by atoms with van der Waals surface area (Å²) in [5.74, 6) is -0.536. The highest BCUT2D eigenvalue weighted by Gasteiger charge is 2.16. The fraction of sp³-hybridized carbons (Fsp3) is 0.